The maximum absolute atomic E-state index is 11.8. The largest absolute Gasteiger partial charge is 0.423 e. The van der Waals surface area contributed by atoms with Gasteiger partial charge >= 0.3 is 0 Å². The lowest BCUT2D eigenvalue weighted by molar-refractivity contribution is -0.116. The third-order valence-electron chi connectivity index (χ3n) is 2.93. The fraction of sp³-hybridized carbons (Fsp3) is 0.357. The molecule has 0 saturated heterocycles. The monoisotopic (exact) mass is 274 g/mol. The third-order valence-corrected chi connectivity index (χ3v) is 2.93. The first kappa shape index (κ1) is 14.2. The molecule has 0 bridgehead atoms. The van der Waals surface area contributed by atoms with Crippen LogP contribution >= 0.6 is 0 Å². The number of nitrogens with two attached hydrogens (primary N) is 1. The van der Waals surface area contributed by atoms with E-state index in [2.05, 4.69) is 15.5 Å². The number of rotatable bonds is 5. The second-order valence-corrected chi connectivity index (χ2v) is 4.84. The summed E-state index contributed by atoms with van der Waals surface area (Å²) in [6, 6.07) is 5.59. The third kappa shape index (κ3) is 3.64. The van der Waals surface area contributed by atoms with Gasteiger partial charge in [0.05, 0.1) is 0 Å². The molecule has 1 unspecified atom stereocenters. The molecule has 0 fully saturated rings. The Labute approximate surface area is 117 Å². The van der Waals surface area contributed by atoms with Crippen LogP contribution in [0.4, 0.5) is 5.69 Å². The predicted molar refractivity (Wildman–Crippen MR) is 76.0 cm³/mol. The molecule has 1 atom stereocenters. The molecule has 2 aromatic rings. The topological polar surface area (TPSA) is 94.0 Å². The normalized spacial score (nSPS) is 12.2. The molecule has 6 heteroatoms. The number of amides is 1. The summed E-state index contributed by atoms with van der Waals surface area (Å²) in [5.41, 5.74) is 8.18. The van der Waals surface area contributed by atoms with Gasteiger partial charge in [-0.1, -0.05) is 0 Å². The van der Waals surface area contributed by atoms with Gasteiger partial charge in [0.1, 0.15) is 0 Å². The number of nitrogens with zero attached hydrogens (tertiary/aromatic N) is 2. The maximum Gasteiger partial charge on any atom is 0.247 e. The van der Waals surface area contributed by atoms with Gasteiger partial charge in [-0.3, -0.25) is 4.79 Å². The van der Waals surface area contributed by atoms with Crippen LogP contribution in [0.15, 0.2) is 29.0 Å². The van der Waals surface area contributed by atoms with Crippen LogP contribution < -0.4 is 11.1 Å². The van der Waals surface area contributed by atoms with Crippen molar-refractivity contribution < 1.29 is 9.21 Å². The van der Waals surface area contributed by atoms with E-state index in [0.717, 1.165) is 16.8 Å². The number of anilines is 1. The Morgan fingerprint density at radius 1 is 1.50 bits per heavy atom. The van der Waals surface area contributed by atoms with Crippen LogP contribution in [0.1, 0.15) is 25.3 Å². The SMILES string of the molecule is Cc1cc(-c2nnco2)ccc1NC(=O)CCC(C)N. The van der Waals surface area contributed by atoms with E-state index in [0.29, 0.717) is 18.7 Å². The van der Waals surface area contributed by atoms with Crippen molar-refractivity contribution in [2.24, 2.45) is 5.73 Å². The molecular weight excluding hydrogens is 256 g/mol. The van der Waals surface area contributed by atoms with Crippen LogP contribution in [0, 0.1) is 6.92 Å². The van der Waals surface area contributed by atoms with E-state index in [1.807, 2.05) is 32.0 Å². The molecule has 2 rings (SSSR count). The van der Waals surface area contributed by atoms with Gasteiger partial charge < -0.3 is 15.5 Å². The lowest BCUT2D eigenvalue weighted by Crippen LogP contribution is -2.19. The van der Waals surface area contributed by atoms with Gasteiger partial charge in [0, 0.05) is 23.7 Å². The molecule has 20 heavy (non-hydrogen) atoms. The fourth-order valence-electron chi connectivity index (χ4n) is 1.81. The average Bonchev–Trinajstić information content (AvgIpc) is 2.92. The Morgan fingerprint density at radius 2 is 2.30 bits per heavy atom. The summed E-state index contributed by atoms with van der Waals surface area (Å²) in [6.07, 6.45) is 2.38. The number of aryl methyl sites for hydroxylation is 1. The Morgan fingerprint density at radius 3 is 2.90 bits per heavy atom. The number of carbonyl (C=O) groups is 1. The smallest absolute Gasteiger partial charge is 0.247 e. The molecule has 1 heterocycles. The standard InChI is InChI=1S/C14H18N4O2/c1-9-7-11(14-18-16-8-20-14)4-5-12(9)17-13(19)6-3-10(2)15/h4-5,7-8,10H,3,6,15H2,1-2H3,(H,17,19). The molecule has 0 spiro atoms. The summed E-state index contributed by atoms with van der Waals surface area (Å²) < 4.78 is 5.14. The van der Waals surface area contributed by atoms with Crippen molar-refractivity contribution >= 4 is 11.6 Å². The Kier molecular flexibility index (Phi) is 4.47. The maximum atomic E-state index is 11.8. The van der Waals surface area contributed by atoms with Crippen LogP contribution in [-0.4, -0.2) is 22.1 Å². The highest BCUT2D eigenvalue weighted by atomic mass is 16.4. The molecule has 6 nitrogen and oxygen atoms in total. The highest BCUT2D eigenvalue weighted by Gasteiger charge is 2.09. The number of aromatic nitrogens is 2. The summed E-state index contributed by atoms with van der Waals surface area (Å²) in [5, 5.41) is 10.4. The van der Waals surface area contributed by atoms with Crippen molar-refractivity contribution in [1.29, 1.82) is 0 Å². The van der Waals surface area contributed by atoms with Gasteiger partial charge in [-0.2, -0.15) is 0 Å². The van der Waals surface area contributed by atoms with Crippen molar-refractivity contribution in [3.63, 3.8) is 0 Å². The average molecular weight is 274 g/mol. The minimum Gasteiger partial charge on any atom is -0.423 e. The molecular formula is C14H18N4O2. The Hall–Kier alpha value is -2.21. The van der Waals surface area contributed by atoms with Crippen molar-refractivity contribution in [2.75, 3.05) is 5.32 Å². The molecule has 0 aliphatic carbocycles. The quantitative estimate of drug-likeness (QED) is 0.870. The minimum atomic E-state index is -0.0315. The lowest BCUT2D eigenvalue weighted by atomic mass is 10.1. The van der Waals surface area contributed by atoms with Crippen LogP contribution in [0.5, 0.6) is 0 Å². The van der Waals surface area contributed by atoms with Gasteiger partial charge in [0.25, 0.3) is 0 Å². The zero-order valence-corrected chi connectivity index (χ0v) is 11.6. The minimum absolute atomic E-state index is 0.0294. The molecule has 0 radical (unpaired) electrons. The van der Waals surface area contributed by atoms with Gasteiger partial charge in [-0.25, -0.2) is 0 Å². The molecule has 1 aromatic heterocycles. The van der Waals surface area contributed by atoms with Crippen LogP contribution in [-0.2, 0) is 4.79 Å². The number of hydrogen-bond acceptors (Lipinski definition) is 5. The summed E-state index contributed by atoms with van der Waals surface area (Å²) in [6.45, 7) is 3.80. The fourth-order valence-corrected chi connectivity index (χ4v) is 1.81. The van der Waals surface area contributed by atoms with E-state index in [-0.39, 0.29) is 11.9 Å². The van der Waals surface area contributed by atoms with E-state index < -0.39 is 0 Å². The van der Waals surface area contributed by atoms with Crippen LogP contribution in [0.3, 0.4) is 0 Å². The number of hydrogen-bond donors (Lipinski definition) is 2. The zero-order valence-electron chi connectivity index (χ0n) is 11.6. The van der Waals surface area contributed by atoms with Crippen molar-refractivity contribution in [3.05, 3.63) is 30.2 Å². The number of nitrogens with one attached hydrogen (secondary N) is 1. The molecule has 3 N–H and O–H groups in total. The van der Waals surface area contributed by atoms with Crippen molar-refractivity contribution in [1.82, 2.24) is 10.2 Å². The van der Waals surface area contributed by atoms with E-state index >= 15 is 0 Å². The van der Waals surface area contributed by atoms with Crippen LogP contribution in [0.2, 0.25) is 0 Å². The first-order valence-electron chi connectivity index (χ1n) is 6.49. The number of benzene rings is 1. The van der Waals surface area contributed by atoms with E-state index in [1.165, 1.54) is 6.39 Å². The molecule has 106 valence electrons. The van der Waals surface area contributed by atoms with Crippen LogP contribution in [0.25, 0.3) is 11.5 Å². The highest BCUT2D eigenvalue weighted by molar-refractivity contribution is 5.91. The zero-order chi connectivity index (χ0) is 14.5. The van der Waals surface area contributed by atoms with Gasteiger partial charge in [-0.05, 0) is 44.0 Å². The highest BCUT2D eigenvalue weighted by Crippen LogP contribution is 2.23. The Bertz CT molecular complexity index is 579. The molecule has 0 aliphatic heterocycles. The predicted octanol–water partition coefficient (Wildman–Crippen LogP) is 2.11. The number of carbonyl (C=O) groups excluding carboxylic acids is 1. The first-order chi connectivity index (χ1) is 9.56. The van der Waals surface area contributed by atoms with E-state index in [1.54, 1.807) is 0 Å². The van der Waals surface area contributed by atoms with E-state index in [9.17, 15) is 4.79 Å². The first-order valence-corrected chi connectivity index (χ1v) is 6.49. The molecule has 0 saturated carbocycles. The van der Waals surface area contributed by atoms with Crippen molar-refractivity contribution in [3.8, 4) is 11.5 Å². The van der Waals surface area contributed by atoms with Gasteiger partial charge in [-0.15, -0.1) is 10.2 Å². The van der Waals surface area contributed by atoms with Crippen molar-refractivity contribution in [2.45, 2.75) is 32.7 Å². The second-order valence-electron chi connectivity index (χ2n) is 4.84. The van der Waals surface area contributed by atoms with Gasteiger partial charge in [0.2, 0.25) is 18.2 Å². The Balaban J connectivity index is 2.05. The lowest BCUT2D eigenvalue weighted by Gasteiger charge is -2.10. The van der Waals surface area contributed by atoms with E-state index in [4.69, 9.17) is 10.2 Å². The van der Waals surface area contributed by atoms with Gasteiger partial charge in [0.15, 0.2) is 0 Å². The molecule has 0 aliphatic rings. The summed E-state index contributed by atoms with van der Waals surface area (Å²) in [5.74, 6) is 0.430. The summed E-state index contributed by atoms with van der Waals surface area (Å²) in [4.78, 5) is 11.8. The molecule has 1 aromatic carbocycles. The summed E-state index contributed by atoms with van der Waals surface area (Å²) in [7, 11) is 0. The summed E-state index contributed by atoms with van der Waals surface area (Å²) >= 11 is 0. The molecule has 1 amide bonds. The second kappa shape index (κ2) is 6.29.